The van der Waals surface area contributed by atoms with Crippen molar-refractivity contribution in [2.24, 2.45) is 5.73 Å². The molecule has 1 atom stereocenters. The molecular formula is C12H12F3N3O. The fourth-order valence-electron chi connectivity index (χ4n) is 1.56. The Morgan fingerprint density at radius 3 is 2.63 bits per heavy atom. The van der Waals surface area contributed by atoms with Crippen molar-refractivity contribution in [1.29, 1.82) is 5.26 Å². The number of halogens is 3. The maximum Gasteiger partial charge on any atom is 0.416 e. The Morgan fingerprint density at radius 2 is 2.16 bits per heavy atom. The number of carbonyl (C=O) groups excluding carboxylic acids is 1. The zero-order valence-electron chi connectivity index (χ0n) is 10.1. The lowest BCUT2D eigenvalue weighted by molar-refractivity contribution is -0.137. The monoisotopic (exact) mass is 271 g/mol. The number of carbonyl (C=O) groups is 1. The molecule has 1 rings (SSSR count). The summed E-state index contributed by atoms with van der Waals surface area (Å²) in [7, 11) is 0. The average molecular weight is 271 g/mol. The fraction of sp³-hybridized carbons (Fsp3) is 0.333. The Balaban J connectivity index is 2.98. The van der Waals surface area contributed by atoms with Crippen LogP contribution in [0.1, 0.15) is 24.5 Å². The topological polar surface area (TPSA) is 78.9 Å². The van der Waals surface area contributed by atoms with E-state index in [1.54, 1.807) is 13.0 Å². The molecule has 0 spiro atoms. The number of benzene rings is 1. The molecule has 1 unspecified atom stereocenters. The van der Waals surface area contributed by atoms with Gasteiger partial charge in [-0.2, -0.15) is 18.4 Å². The first kappa shape index (κ1) is 14.8. The second kappa shape index (κ2) is 5.61. The summed E-state index contributed by atoms with van der Waals surface area (Å²) in [6.07, 6.45) is -4.48. The molecule has 4 nitrogen and oxygen atoms in total. The van der Waals surface area contributed by atoms with E-state index in [9.17, 15) is 18.0 Å². The van der Waals surface area contributed by atoms with Crippen LogP contribution in [0.25, 0.3) is 0 Å². The predicted octanol–water partition coefficient (Wildman–Crippen LogP) is 2.25. The van der Waals surface area contributed by atoms with Crippen LogP contribution < -0.4 is 11.1 Å². The van der Waals surface area contributed by atoms with Gasteiger partial charge in [-0.15, -0.1) is 0 Å². The summed E-state index contributed by atoms with van der Waals surface area (Å²) < 4.78 is 37.4. The number of nitrogens with zero attached hydrogens (tertiary/aromatic N) is 1. The molecule has 0 aliphatic rings. The number of primary amides is 1. The highest BCUT2D eigenvalue weighted by Gasteiger charge is 2.31. The van der Waals surface area contributed by atoms with E-state index < -0.39 is 17.6 Å². The Kier molecular flexibility index (Phi) is 4.38. The Morgan fingerprint density at radius 1 is 1.53 bits per heavy atom. The van der Waals surface area contributed by atoms with Crippen LogP contribution in [0.3, 0.4) is 0 Å². The molecule has 1 aromatic rings. The van der Waals surface area contributed by atoms with E-state index >= 15 is 0 Å². The third-order valence-electron chi connectivity index (χ3n) is 2.38. The molecule has 0 fully saturated rings. The summed E-state index contributed by atoms with van der Waals surface area (Å²) in [5.74, 6) is -0.537. The van der Waals surface area contributed by atoms with Gasteiger partial charge in [-0.25, -0.2) is 0 Å². The molecule has 102 valence electrons. The third kappa shape index (κ3) is 4.17. The summed E-state index contributed by atoms with van der Waals surface area (Å²) >= 11 is 0. The van der Waals surface area contributed by atoms with E-state index in [1.165, 1.54) is 6.07 Å². The van der Waals surface area contributed by atoms with Gasteiger partial charge in [0.1, 0.15) is 6.07 Å². The molecule has 7 heteroatoms. The molecule has 0 saturated carbocycles. The maximum absolute atomic E-state index is 12.5. The molecule has 1 amide bonds. The first-order valence-corrected chi connectivity index (χ1v) is 5.40. The summed E-state index contributed by atoms with van der Waals surface area (Å²) in [5, 5.41) is 11.6. The molecule has 3 N–H and O–H groups in total. The van der Waals surface area contributed by atoms with Gasteiger partial charge in [0.15, 0.2) is 0 Å². The highest BCUT2D eigenvalue weighted by Crippen LogP contribution is 2.31. The lowest BCUT2D eigenvalue weighted by atomic mass is 10.1. The molecule has 19 heavy (non-hydrogen) atoms. The predicted molar refractivity (Wildman–Crippen MR) is 63.1 cm³/mol. The van der Waals surface area contributed by atoms with Gasteiger partial charge in [-0.1, -0.05) is 0 Å². The molecule has 0 bridgehead atoms. The SMILES string of the molecule is CC(CC(N)=O)Nc1ccc(C(F)(F)F)cc1C#N. The van der Waals surface area contributed by atoms with Crippen LogP contribution in [-0.4, -0.2) is 11.9 Å². The standard InChI is InChI=1S/C12H12F3N3O/c1-7(4-11(17)19)18-10-3-2-9(12(13,14)15)5-8(10)6-16/h2-3,5,7,18H,4H2,1H3,(H2,17,19). The van der Waals surface area contributed by atoms with Gasteiger partial charge < -0.3 is 11.1 Å². The Hall–Kier alpha value is -2.23. The molecular weight excluding hydrogens is 259 g/mol. The van der Waals surface area contributed by atoms with Crippen LogP contribution in [0.5, 0.6) is 0 Å². The van der Waals surface area contributed by atoms with Gasteiger partial charge >= 0.3 is 6.18 Å². The van der Waals surface area contributed by atoms with Crippen molar-refractivity contribution >= 4 is 11.6 Å². The van der Waals surface area contributed by atoms with Crippen LogP contribution in [0.2, 0.25) is 0 Å². The van der Waals surface area contributed by atoms with E-state index in [2.05, 4.69) is 5.32 Å². The van der Waals surface area contributed by atoms with Crippen LogP contribution in [-0.2, 0) is 11.0 Å². The number of amides is 1. The first-order valence-electron chi connectivity index (χ1n) is 5.40. The van der Waals surface area contributed by atoms with E-state index in [0.29, 0.717) is 0 Å². The maximum atomic E-state index is 12.5. The number of nitriles is 1. The van der Waals surface area contributed by atoms with Gasteiger partial charge in [0.2, 0.25) is 5.91 Å². The lowest BCUT2D eigenvalue weighted by Crippen LogP contribution is -2.24. The van der Waals surface area contributed by atoms with Gasteiger partial charge in [0.05, 0.1) is 16.8 Å². The van der Waals surface area contributed by atoms with E-state index in [1.807, 2.05) is 0 Å². The van der Waals surface area contributed by atoms with Crippen molar-refractivity contribution < 1.29 is 18.0 Å². The van der Waals surface area contributed by atoms with Crippen molar-refractivity contribution in [2.45, 2.75) is 25.6 Å². The Labute approximate surface area is 108 Å². The second-order valence-corrected chi connectivity index (χ2v) is 4.09. The number of nitrogens with one attached hydrogen (secondary N) is 1. The molecule has 0 saturated heterocycles. The number of hydrogen-bond donors (Lipinski definition) is 2. The van der Waals surface area contributed by atoms with Gasteiger partial charge in [0.25, 0.3) is 0 Å². The number of rotatable bonds is 4. The normalized spacial score (nSPS) is 12.6. The number of hydrogen-bond acceptors (Lipinski definition) is 3. The fourth-order valence-corrected chi connectivity index (χ4v) is 1.56. The molecule has 0 heterocycles. The molecule has 0 aliphatic carbocycles. The van der Waals surface area contributed by atoms with E-state index in [4.69, 9.17) is 11.0 Å². The van der Waals surface area contributed by atoms with Crippen LogP contribution in [0.15, 0.2) is 18.2 Å². The van der Waals surface area contributed by atoms with Crippen molar-refractivity contribution in [2.75, 3.05) is 5.32 Å². The minimum absolute atomic E-state index is 0.0197. The first-order chi connectivity index (χ1) is 8.74. The summed E-state index contributed by atoms with van der Waals surface area (Å²) in [6, 6.07) is 4.12. The summed E-state index contributed by atoms with van der Waals surface area (Å²) in [6.45, 7) is 1.64. The summed E-state index contributed by atoms with van der Waals surface area (Å²) in [5.41, 5.74) is 4.22. The van der Waals surface area contributed by atoms with Crippen LogP contribution in [0.4, 0.5) is 18.9 Å². The largest absolute Gasteiger partial charge is 0.416 e. The van der Waals surface area contributed by atoms with E-state index in [0.717, 1.165) is 12.1 Å². The zero-order chi connectivity index (χ0) is 14.6. The van der Waals surface area contributed by atoms with Crippen molar-refractivity contribution in [3.8, 4) is 6.07 Å². The summed E-state index contributed by atoms with van der Waals surface area (Å²) in [4.78, 5) is 10.7. The number of nitrogens with two attached hydrogens (primary N) is 1. The van der Waals surface area contributed by atoms with Gasteiger partial charge in [-0.3, -0.25) is 4.79 Å². The van der Waals surface area contributed by atoms with Crippen LogP contribution in [0, 0.1) is 11.3 Å². The zero-order valence-corrected chi connectivity index (χ0v) is 10.1. The quantitative estimate of drug-likeness (QED) is 0.881. The highest BCUT2D eigenvalue weighted by molar-refractivity contribution is 5.75. The van der Waals surface area contributed by atoms with Crippen LogP contribution >= 0.6 is 0 Å². The van der Waals surface area contributed by atoms with Gasteiger partial charge in [-0.05, 0) is 25.1 Å². The second-order valence-electron chi connectivity index (χ2n) is 4.09. The molecule has 0 aliphatic heterocycles. The number of alkyl halides is 3. The smallest absolute Gasteiger partial charge is 0.381 e. The minimum atomic E-state index is -4.50. The molecule has 0 radical (unpaired) electrons. The molecule has 0 aromatic heterocycles. The van der Waals surface area contributed by atoms with Crippen molar-refractivity contribution in [3.05, 3.63) is 29.3 Å². The highest BCUT2D eigenvalue weighted by atomic mass is 19.4. The van der Waals surface area contributed by atoms with Gasteiger partial charge in [0, 0.05) is 12.5 Å². The van der Waals surface area contributed by atoms with Crippen molar-refractivity contribution in [3.63, 3.8) is 0 Å². The van der Waals surface area contributed by atoms with Crippen molar-refractivity contribution in [1.82, 2.24) is 0 Å². The third-order valence-corrected chi connectivity index (χ3v) is 2.38. The molecule has 1 aromatic carbocycles. The average Bonchev–Trinajstić information content (AvgIpc) is 2.26. The Bertz CT molecular complexity index is 520. The number of anilines is 1. The van der Waals surface area contributed by atoms with E-state index in [-0.39, 0.29) is 23.7 Å². The lowest BCUT2D eigenvalue weighted by Gasteiger charge is -2.16. The minimum Gasteiger partial charge on any atom is -0.381 e.